The van der Waals surface area contributed by atoms with Crippen LogP contribution in [0.15, 0.2) is 84.9 Å². The monoisotopic (exact) mass is 867 g/mol. The van der Waals surface area contributed by atoms with Crippen molar-refractivity contribution in [2.24, 2.45) is 0 Å². The molecule has 2 aliphatic heterocycles. The molecule has 4 heteroatoms. The molecule has 334 valence electrons. The van der Waals surface area contributed by atoms with Crippen molar-refractivity contribution in [3.8, 4) is 0 Å². The lowest BCUT2D eigenvalue weighted by Gasteiger charge is -2.47. The lowest BCUT2D eigenvalue weighted by Crippen LogP contribution is -2.61. The van der Waals surface area contributed by atoms with Crippen molar-refractivity contribution in [2.75, 3.05) is 9.80 Å². The second-order valence-corrected chi connectivity index (χ2v) is 27.4. The van der Waals surface area contributed by atoms with Crippen LogP contribution in [-0.4, -0.2) is 6.71 Å². The summed E-state index contributed by atoms with van der Waals surface area (Å²) >= 11 is 2.02. The number of hydrogen-bond donors (Lipinski definition) is 0. The van der Waals surface area contributed by atoms with E-state index in [4.69, 9.17) is 0 Å². The van der Waals surface area contributed by atoms with Crippen molar-refractivity contribution in [3.63, 3.8) is 0 Å². The first kappa shape index (κ1) is 44.9. The van der Waals surface area contributed by atoms with Gasteiger partial charge >= 0.3 is 0 Å². The van der Waals surface area contributed by atoms with Crippen molar-refractivity contribution in [3.05, 3.63) is 124 Å². The number of benzene rings is 5. The molecule has 0 saturated carbocycles. The number of nitrogens with zero attached hydrogens (tertiary/aromatic N) is 2. The molecule has 2 nitrogen and oxygen atoms in total. The zero-order chi connectivity index (χ0) is 46.6. The van der Waals surface area contributed by atoms with Gasteiger partial charge in [-0.2, -0.15) is 0 Å². The van der Waals surface area contributed by atoms with E-state index in [1.165, 1.54) is 112 Å². The fourth-order valence-corrected chi connectivity index (χ4v) is 12.0. The van der Waals surface area contributed by atoms with Crippen LogP contribution in [0, 0.1) is 0 Å². The van der Waals surface area contributed by atoms with Gasteiger partial charge in [0.2, 0.25) is 0 Å². The van der Waals surface area contributed by atoms with Gasteiger partial charge < -0.3 is 9.80 Å². The lowest BCUT2D eigenvalue weighted by molar-refractivity contribution is 0.332. The molecule has 0 radical (unpaired) electrons. The third kappa shape index (κ3) is 7.28. The van der Waals surface area contributed by atoms with Gasteiger partial charge in [-0.1, -0.05) is 162 Å². The average Bonchev–Trinajstić information content (AvgIpc) is 3.56. The van der Waals surface area contributed by atoms with Gasteiger partial charge in [-0.3, -0.25) is 0 Å². The lowest BCUT2D eigenvalue weighted by atomic mass is 9.35. The molecule has 64 heavy (non-hydrogen) atoms. The summed E-state index contributed by atoms with van der Waals surface area (Å²) in [5, 5.41) is 1.36. The summed E-state index contributed by atoms with van der Waals surface area (Å²) in [5.74, 6) is 0. The number of rotatable bonds is 2. The van der Waals surface area contributed by atoms with Gasteiger partial charge in [-0.15, -0.1) is 11.3 Å². The molecule has 0 bridgehead atoms. The largest absolute Gasteiger partial charge is 0.311 e. The molecular formula is C60H75BN2S. The Morgan fingerprint density at radius 2 is 0.922 bits per heavy atom. The van der Waals surface area contributed by atoms with E-state index in [2.05, 4.69) is 226 Å². The Labute approximate surface area is 392 Å². The molecule has 0 N–H and O–H groups in total. The number of hydrogen-bond acceptors (Lipinski definition) is 3. The Hall–Kier alpha value is -4.28. The van der Waals surface area contributed by atoms with E-state index in [-0.39, 0.29) is 44.6 Å². The molecule has 9 rings (SSSR count). The summed E-state index contributed by atoms with van der Waals surface area (Å²) in [6.45, 7) is 45.5. The molecule has 1 aromatic heterocycles. The van der Waals surface area contributed by atoms with Gasteiger partial charge in [-0.05, 0) is 155 Å². The predicted octanol–water partition coefficient (Wildman–Crippen LogP) is 15.8. The Morgan fingerprint density at radius 1 is 0.453 bits per heavy atom. The molecule has 0 saturated heterocycles. The summed E-state index contributed by atoms with van der Waals surface area (Å²) in [7, 11) is 0. The smallest absolute Gasteiger partial charge is 0.264 e. The van der Waals surface area contributed by atoms with Crippen LogP contribution in [-0.2, 0) is 37.9 Å². The zero-order valence-electron chi connectivity index (χ0n) is 42.9. The first-order valence-corrected chi connectivity index (χ1v) is 25.0. The normalized spacial score (nSPS) is 17.0. The third-order valence-electron chi connectivity index (χ3n) is 15.3. The number of thiophene rings is 1. The van der Waals surface area contributed by atoms with E-state index < -0.39 is 0 Å². The maximum atomic E-state index is 2.72. The summed E-state index contributed by atoms with van der Waals surface area (Å²) in [4.78, 5) is 5.40. The minimum Gasteiger partial charge on any atom is -0.311 e. The van der Waals surface area contributed by atoms with Gasteiger partial charge in [-0.25, -0.2) is 0 Å². The minimum atomic E-state index is -0.100. The van der Waals surface area contributed by atoms with Crippen LogP contribution in [0.4, 0.5) is 34.1 Å². The van der Waals surface area contributed by atoms with Crippen molar-refractivity contribution in [1.29, 1.82) is 0 Å². The van der Waals surface area contributed by atoms with Crippen LogP contribution in [0.5, 0.6) is 0 Å². The van der Waals surface area contributed by atoms with E-state index in [0.717, 1.165) is 0 Å². The summed E-state index contributed by atoms with van der Waals surface area (Å²) in [5.41, 5.74) is 20.5. The summed E-state index contributed by atoms with van der Waals surface area (Å²) in [6, 6.07) is 34.9. The molecule has 0 spiro atoms. The predicted molar refractivity (Wildman–Crippen MR) is 285 cm³/mol. The summed E-state index contributed by atoms with van der Waals surface area (Å²) in [6.07, 6.45) is 2.36. The fraction of sp³-hybridized carbons (Fsp3) is 0.467. The Morgan fingerprint density at radius 3 is 1.44 bits per heavy atom. The summed E-state index contributed by atoms with van der Waals surface area (Å²) < 4.78 is 2.81. The molecule has 0 fully saturated rings. The quantitative estimate of drug-likeness (QED) is 0.160. The maximum Gasteiger partial charge on any atom is 0.264 e. The van der Waals surface area contributed by atoms with Crippen LogP contribution in [0.25, 0.3) is 10.1 Å². The van der Waals surface area contributed by atoms with Crippen LogP contribution in [0.3, 0.4) is 0 Å². The molecule has 5 aromatic carbocycles. The maximum absolute atomic E-state index is 2.72. The molecule has 6 aromatic rings. The van der Waals surface area contributed by atoms with E-state index >= 15 is 0 Å². The van der Waals surface area contributed by atoms with Gasteiger partial charge in [0.25, 0.3) is 6.71 Å². The highest BCUT2D eigenvalue weighted by Gasteiger charge is 2.48. The SMILES string of the molecule is CC(C)(C)c1ccc(N2c3cc(C(C)(C)C)cc4c3B(c3cc5c(cc3N4c3cc(C(C)(C)C)cc(C(C)(C)C)c3)C(C)(C)CCC5(C)C)c3sc4ccc(C(C)(C)C)cc4c32)cc1. The minimum absolute atomic E-state index is 0.0181. The topological polar surface area (TPSA) is 6.48 Å². The molecule has 0 amide bonds. The van der Waals surface area contributed by atoms with Crippen molar-refractivity contribution in [2.45, 2.75) is 182 Å². The molecule has 3 heterocycles. The molecule has 0 atom stereocenters. The number of anilines is 6. The van der Waals surface area contributed by atoms with E-state index in [9.17, 15) is 0 Å². The van der Waals surface area contributed by atoms with E-state index in [1.54, 1.807) is 0 Å². The van der Waals surface area contributed by atoms with Crippen LogP contribution < -0.4 is 25.5 Å². The van der Waals surface area contributed by atoms with E-state index in [0.29, 0.717) is 0 Å². The molecular weight excluding hydrogens is 792 g/mol. The Balaban J connectivity index is 1.48. The van der Waals surface area contributed by atoms with Gasteiger partial charge in [0, 0.05) is 43.3 Å². The fourth-order valence-electron chi connectivity index (χ4n) is 10.7. The van der Waals surface area contributed by atoms with Crippen molar-refractivity contribution < 1.29 is 0 Å². The number of fused-ring (bicyclic) bond motifs is 7. The van der Waals surface area contributed by atoms with Gasteiger partial charge in [0.1, 0.15) is 0 Å². The van der Waals surface area contributed by atoms with Crippen molar-refractivity contribution in [1.82, 2.24) is 0 Å². The van der Waals surface area contributed by atoms with Crippen LogP contribution >= 0.6 is 11.3 Å². The van der Waals surface area contributed by atoms with Crippen molar-refractivity contribution >= 4 is 78.0 Å². The Kier molecular flexibility index (Phi) is 9.91. The van der Waals surface area contributed by atoms with E-state index in [1.807, 2.05) is 11.3 Å². The average molecular weight is 867 g/mol. The highest BCUT2D eigenvalue weighted by Crippen LogP contribution is 2.53. The first-order valence-electron chi connectivity index (χ1n) is 24.2. The highest BCUT2D eigenvalue weighted by atomic mass is 32.1. The second kappa shape index (κ2) is 14.1. The zero-order valence-corrected chi connectivity index (χ0v) is 43.7. The highest BCUT2D eigenvalue weighted by molar-refractivity contribution is 7.33. The first-order chi connectivity index (χ1) is 29.4. The molecule has 0 unspecified atom stereocenters. The van der Waals surface area contributed by atoms with Gasteiger partial charge in [0.15, 0.2) is 0 Å². The molecule has 1 aliphatic carbocycles. The second-order valence-electron chi connectivity index (χ2n) is 26.3. The van der Waals surface area contributed by atoms with Crippen LogP contribution in [0.2, 0.25) is 0 Å². The van der Waals surface area contributed by atoms with Crippen LogP contribution in [0.1, 0.15) is 183 Å². The third-order valence-corrected chi connectivity index (χ3v) is 16.5. The molecule has 3 aliphatic rings. The van der Waals surface area contributed by atoms with Gasteiger partial charge in [0.05, 0.1) is 5.69 Å². The Bertz CT molecular complexity index is 2820. The standard InChI is InChI=1S/C60H75BN2S/c1-54(2,3)36-20-23-41(24-21-36)63-49-33-40(58(13,14)15)32-48-51(49)61(53-52(63)43-31-37(55(4,5)6)22-25-50(43)64-53)46-34-44-45(60(18,19)27-26-59(44,16)17)35-47(46)62(48)42-29-38(56(7,8)9)28-39(30-42)57(10,11)12/h20-25,28-35H,26-27H2,1-19H3.